The molecule has 24 heavy (non-hydrogen) atoms. The molecule has 3 saturated heterocycles. The molecule has 4 heterocycles. The lowest BCUT2D eigenvalue weighted by atomic mass is 9.94. The Labute approximate surface area is 144 Å². The molecule has 1 aromatic rings. The highest BCUT2D eigenvalue weighted by Crippen LogP contribution is 2.30. The molecule has 4 rings (SSSR count). The Morgan fingerprint density at radius 2 is 1.92 bits per heavy atom. The number of fused-ring (bicyclic) bond motifs is 4. The van der Waals surface area contributed by atoms with Gasteiger partial charge < -0.3 is 19.3 Å². The van der Waals surface area contributed by atoms with Gasteiger partial charge in [-0.3, -0.25) is 4.79 Å². The molecule has 0 radical (unpaired) electrons. The summed E-state index contributed by atoms with van der Waals surface area (Å²) < 4.78 is 2.03. The topological polar surface area (TPSA) is 48.8 Å². The second-order valence-corrected chi connectivity index (χ2v) is 7.53. The van der Waals surface area contributed by atoms with E-state index in [0.717, 1.165) is 31.6 Å². The summed E-state index contributed by atoms with van der Waals surface area (Å²) in [5, 5.41) is 0. The predicted molar refractivity (Wildman–Crippen MR) is 93.0 cm³/mol. The summed E-state index contributed by atoms with van der Waals surface area (Å²) in [4.78, 5) is 31.0. The maximum absolute atomic E-state index is 13.1. The first-order valence-corrected chi connectivity index (χ1v) is 8.82. The van der Waals surface area contributed by atoms with Crippen LogP contribution < -0.4 is 0 Å². The summed E-state index contributed by atoms with van der Waals surface area (Å²) in [6.07, 6.45) is 4.04. The van der Waals surface area contributed by atoms with Gasteiger partial charge in [0.1, 0.15) is 5.69 Å². The molecule has 2 bridgehead atoms. The molecule has 0 N–H and O–H groups in total. The number of urea groups is 1. The summed E-state index contributed by atoms with van der Waals surface area (Å²) in [6, 6.07) is 4.27. The Bertz CT molecular complexity index is 622. The monoisotopic (exact) mass is 332 g/mol. The Morgan fingerprint density at radius 3 is 2.58 bits per heavy atom. The maximum Gasteiger partial charge on any atom is 0.319 e. The van der Waals surface area contributed by atoms with Crippen LogP contribution in [-0.4, -0.2) is 71.0 Å². The van der Waals surface area contributed by atoms with E-state index < -0.39 is 0 Å². The Kier molecular flexibility index (Phi) is 4.56. The molecule has 3 aliphatic heterocycles. The summed E-state index contributed by atoms with van der Waals surface area (Å²) in [6.45, 7) is 6.32. The first-order valence-electron chi connectivity index (χ1n) is 8.82. The van der Waals surface area contributed by atoms with Crippen LogP contribution >= 0.6 is 0 Å². The number of carbonyl (C=O) groups is 2. The van der Waals surface area contributed by atoms with E-state index in [1.54, 1.807) is 19.0 Å². The lowest BCUT2D eigenvalue weighted by Crippen LogP contribution is -2.48. The zero-order valence-corrected chi connectivity index (χ0v) is 15.1. The third-order valence-corrected chi connectivity index (χ3v) is 5.18. The van der Waals surface area contributed by atoms with Crippen LogP contribution in [0.3, 0.4) is 0 Å². The van der Waals surface area contributed by atoms with Crippen LogP contribution in [0.15, 0.2) is 18.3 Å². The number of carbonyl (C=O) groups excluding carboxylic acids is 2. The van der Waals surface area contributed by atoms with Crippen LogP contribution in [0.25, 0.3) is 0 Å². The largest absolute Gasteiger partial charge is 0.341 e. The second-order valence-electron chi connectivity index (χ2n) is 7.53. The molecule has 3 fully saturated rings. The van der Waals surface area contributed by atoms with Crippen molar-refractivity contribution in [1.29, 1.82) is 0 Å². The molecule has 0 aromatic carbocycles. The van der Waals surface area contributed by atoms with Gasteiger partial charge in [-0.15, -0.1) is 0 Å². The van der Waals surface area contributed by atoms with Crippen LogP contribution in [0.4, 0.5) is 4.79 Å². The third kappa shape index (κ3) is 3.01. The number of hydrogen-bond donors (Lipinski definition) is 0. The van der Waals surface area contributed by atoms with Crippen molar-refractivity contribution >= 4 is 11.9 Å². The van der Waals surface area contributed by atoms with Gasteiger partial charge in [-0.05, 0) is 44.7 Å². The second kappa shape index (κ2) is 6.49. The normalized spacial score (nSPS) is 23.5. The SMILES string of the molecule is CC(C)n1cccc1C(=O)N1C[C@@H]2CC[C@H]1CN(C(=O)N(C)C)C2. The van der Waals surface area contributed by atoms with Crippen LogP contribution in [0, 0.1) is 5.92 Å². The standard InChI is InChI=1S/C18H28N4O2/c1-13(2)21-9-5-6-16(21)17(23)22-11-14-7-8-15(22)12-20(10-14)18(24)19(3)4/h5-6,9,13-15H,7-8,10-12H2,1-4H3/t14-,15+/m1/s1. The highest BCUT2D eigenvalue weighted by molar-refractivity contribution is 5.93. The van der Waals surface area contributed by atoms with Gasteiger partial charge in [-0.2, -0.15) is 0 Å². The van der Waals surface area contributed by atoms with E-state index in [1.165, 1.54) is 0 Å². The molecule has 1 aromatic heterocycles. The lowest BCUT2D eigenvalue weighted by molar-refractivity contribution is 0.0573. The average Bonchev–Trinajstić information content (AvgIpc) is 2.86. The van der Waals surface area contributed by atoms with Gasteiger partial charge >= 0.3 is 6.03 Å². The van der Waals surface area contributed by atoms with Crippen molar-refractivity contribution in [3.8, 4) is 0 Å². The van der Waals surface area contributed by atoms with E-state index >= 15 is 0 Å². The molecule has 3 aliphatic rings. The first kappa shape index (κ1) is 16.9. The Morgan fingerprint density at radius 1 is 1.17 bits per heavy atom. The predicted octanol–water partition coefficient (Wildman–Crippen LogP) is 2.29. The highest BCUT2D eigenvalue weighted by Gasteiger charge is 2.39. The van der Waals surface area contributed by atoms with Crippen LogP contribution in [0.2, 0.25) is 0 Å². The maximum atomic E-state index is 13.1. The van der Waals surface area contributed by atoms with Crippen molar-refractivity contribution in [1.82, 2.24) is 19.3 Å². The minimum atomic E-state index is 0.0479. The van der Waals surface area contributed by atoms with Crippen LogP contribution in [0.1, 0.15) is 43.2 Å². The van der Waals surface area contributed by atoms with E-state index in [4.69, 9.17) is 0 Å². The fraction of sp³-hybridized carbons (Fsp3) is 0.667. The minimum absolute atomic E-state index is 0.0479. The van der Waals surface area contributed by atoms with E-state index in [9.17, 15) is 9.59 Å². The summed E-state index contributed by atoms with van der Waals surface area (Å²) in [5.41, 5.74) is 0.753. The Hall–Kier alpha value is -1.98. The van der Waals surface area contributed by atoms with Gasteiger partial charge in [0.15, 0.2) is 0 Å². The van der Waals surface area contributed by atoms with Gasteiger partial charge in [0.25, 0.3) is 5.91 Å². The van der Waals surface area contributed by atoms with Crippen LogP contribution in [-0.2, 0) is 0 Å². The molecule has 2 atom stereocenters. The molecular formula is C18H28N4O2. The average molecular weight is 332 g/mol. The van der Waals surface area contributed by atoms with Gasteiger partial charge in [0.05, 0.1) is 0 Å². The molecule has 0 spiro atoms. The third-order valence-electron chi connectivity index (χ3n) is 5.18. The molecule has 6 heteroatoms. The number of amides is 3. The lowest BCUT2D eigenvalue weighted by Gasteiger charge is -2.36. The van der Waals surface area contributed by atoms with Gasteiger partial charge in [-0.1, -0.05) is 0 Å². The van der Waals surface area contributed by atoms with Crippen molar-refractivity contribution in [2.45, 2.75) is 38.8 Å². The number of aromatic nitrogens is 1. The van der Waals surface area contributed by atoms with Crippen LogP contribution in [0.5, 0.6) is 0 Å². The quantitative estimate of drug-likeness (QED) is 0.834. The molecule has 0 unspecified atom stereocenters. The van der Waals surface area contributed by atoms with Crippen molar-refractivity contribution < 1.29 is 9.59 Å². The fourth-order valence-corrected chi connectivity index (χ4v) is 3.94. The van der Waals surface area contributed by atoms with E-state index in [2.05, 4.69) is 13.8 Å². The molecule has 132 valence electrons. The number of hydrogen-bond acceptors (Lipinski definition) is 2. The highest BCUT2D eigenvalue weighted by atomic mass is 16.2. The van der Waals surface area contributed by atoms with Crippen molar-refractivity contribution in [2.24, 2.45) is 5.92 Å². The van der Waals surface area contributed by atoms with E-state index in [0.29, 0.717) is 12.5 Å². The first-order chi connectivity index (χ1) is 11.4. The molecule has 0 aliphatic carbocycles. The molecule has 3 amide bonds. The van der Waals surface area contributed by atoms with Crippen molar-refractivity contribution in [3.05, 3.63) is 24.0 Å². The number of rotatable bonds is 2. The smallest absolute Gasteiger partial charge is 0.319 e. The molecular weight excluding hydrogens is 304 g/mol. The zero-order chi connectivity index (χ0) is 17.4. The van der Waals surface area contributed by atoms with Gasteiger partial charge in [0, 0.05) is 52.0 Å². The molecule has 6 nitrogen and oxygen atoms in total. The Balaban J connectivity index is 1.82. The van der Waals surface area contributed by atoms with Crippen molar-refractivity contribution in [2.75, 3.05) is 33.7 Å². The summed E-state index contributed by atoms with van der Waals surface area (Å²) in [7, 11) is 3.57. The van der Waals surface area contributed by atoms with E-state index in [-0.39, 0.29) is 24.0 Å². The minimum Gasteiger partial charge on any atom is -0.341 e. The number of nitrogens with zero attached hydrogens (tertiary/aromatic N) is 4. The summed E-state index contributed by atoms with van der Waals surface area (Å²) in [5.74, 6) is 0.474. The fourth-order valence-electron chi connectivity index (χ4n) is 3.94. The van der Waals surface area contributed by atoms with Gasteiger partial charge in [0.2, 0.25) is 0 Å². The van der Waals surface area contributed by atoms with Gasteiger partial charge in [-0.25, -0.2) is 4.79 Å². The molecule has 0 saturated carbocycles. The van der Waals surface area contributed by atoms with E-state index in [1.807, 2.05) is 32.7 Å². The zero-order valence-electron chi connectivity index (χ0n) is 15.1. The number of piperidine rings is 1. The van der Waals surface area contributed by atoms with Crippen molar-refractivity contribution in [3.63, 3.8) is 0 Å². The summed E-state index contributed by atoms with van der Waals surface area (Å²) >= 11 is 0.